The highest BCUT2D eigenvalue weighted by atomic mass is 79.9. The van der Waals surface area contributed by atoms with E-state index < -0.39 is 0 Å². The number of anilines is 1. The van der Waals surface area contributed by atoms with Crippen molar-refractivity contribution in [1.29, 1.82) is 0 Å². The summed E-state index contributed by atoms with van der Waals surface area (Å²) in [5.74, 6) is 0. The van der Waals surface area contributed by atoms with Crippen molar-refractivity contribution in [2.24, 2.45) is 0 Å². The summed E-state index contributed by atoms with van der Waals surface area (Å²) in [7, 11) is 0. The van der Waals surface area contributed by atoms with Crippen molar-refractivity contribution in [3.63, 3.8) is 0 Å². The van der Waals surface area contributed by atoms with E-state index in [4.69, 9.17) is 27.9 Å². The lowest BCUT2D eigenvalue weighted by atomic mass is 10.2. The molecule has 1 aliphatic rings. The third kappa shape index (κ3) is 2.01. The van der Waals surface area contributed by atoms with Gasteiger partial charge in [0.05, 0.1) is 35.0 Å². The summed E-state index contributed by atoms with van der Waals surface area (Å²) in [4.78, 5) is 0. The minimum absolute atomic E-state index is 0.352. The second kappa shape index (κ2) is 4.27. The lowest BCUT2D eigenvalue weighted by molar-refractivity contribution is 0.0211. The molecule has 0 saturated carbocycles. The molecule has 0 aromatic heterocycles. The molecule has 1 aliphatic heterocycles. The molecular weight excluding hydrogens is 289 g/mol. The Kier molecular flexibility index (Phi) is 3.22. The van der Waals surface area contributed by atoms with Gasteiger partial charge in [0.1, 0.15) is 0 Å². The van der Waals surface area contributed by atoms with E-state index in [1.54, 1.807) is 0 Å². The Hall–Kier alpha value is 0.0400. The van der Waals surface area contributed by atoms with Gasteiger partial charge in [-0.2, -0.15) is 0 Å². The Bertz CT molecular complexity index is 355. The zero-order valence-electron chi connectivity index (χ0n) is 7.19. The van der Waals surface area contributed by atoms with Gasteiger partial charge >= 0.3 is 0 Å². The van der Waals surface area contributed by atoms with E-state index in [2.05, 4.69) is 21.2 Å². The number of hydrogen-bond acceptors (Lipinski definition) is 2. The van der Waals surface area contributed by atoms with Crippen LogP contribution in [0, 0.1) is 0 Å². The molecule has 0 spiro atoms. The molecule has 14 heavy (non-hydrogen) atoms. The van der Waals surface area contributed by atoms with E-state index in [1.165, 1.54) is 0 Å². The van der Waals surface area contributed by atoms with Gasteiger partial charge in [0.15, 0.2) is 0 Å². The Morgan fingerprint density at radius 2 is 2.00 bits per heavy atom. The molecule has 5 heteroatoms. The van der Waals surface area contributed by atoms with E-state index in [0.29, 0.717) is 16.1 Å². The van der Waals surface area contributed by atoms with Crippen LogP contribution in [0.2, 0.25) is 10.0 Å². The molecule has 0 aliphatic carbocycles. The van der Waals surface area contributed by atoms with Crippen LogP contribution in [-0.4, -0.2) is 19.3 Å². The standard InChI is InChI=1S/C9H8BrCl2NO/c10-6-1-2-7(9(12)8(6)11)13-5-3-14-4-5/h1-2,5,13H,3-4H2. The van der Waals surface area contributed by atoms with Gasteiger partial charge in [0.2, 0.25) is 0 Å². The fourth-order valence-corrected chi connectivity index (χ4v) is 2.01. The number of ether oxygens (including phenoxy) is 1. The van der Waals surface area contributed by atoms with E-state index in [-0.39, 0.29) is 0 Å². The zero-order chi connectivity index (χ0) is 10.1. The van der Waals surface area contributed by atoms with Gasteiger partial charge in [0, 0.05) is 4.47 Å². The van der Waals surface area contributed by atoms with E-state index in [9.17, 15) is 0 Å². The highest BCUT2D eigenvalue weighted by molar-refractivity contribution is 9.10. The summed E-state index contributed by atoms with van der Waals surface area (Å²) in [6, 6.07) is 4.12. The van der Waals surface area contributed by atoms with Crippen LogP contribution in [0.1, 0.15) is 0 Å². The van der Waals surface area contributed by atoms with Gasteiger partial charge in [-0.15, -0.1) is 0 Å². The van der Waals surface area contributed by atoms with Crippen molar-refractivity contribution in [3.8, 4) is 0 Å². The molecule has 2 nitrogen and oxygen atoms in total. The molecule has 0 bridgehead atoms. The summed E-state index contributed by atoms with van der Waals surface area (Å²) >= 11 is 15.3. The normalized spacial score (nSPS) is 16.5. The molecule has 1 aromatic rings. The third-order valence-corrected chi connectivity index (χ3v) is 3.80. The quantitative estimate of drug-likeness (QED) is 0.843. The van der Waals surface area contributed by atoms with Gasteiger partial charge < -0.3 is 10.1 Å². The van der Waals surface area contributed by atoms with E-state index >= 15 is 0 Å². The van der Waals surface area contributed by atoms with Crippen LogP contribution in [0.3, 0.4) is 0 Å². The predicted octanol–water partition coefficient (Wildman–Crippen LogP) is 3.57. The summed E-state index contributed by atoms with van der Waals surface area (Å²) in [5, 5.41) is 4.34. The van der Waals surface area contributed by atoms with Crippen LogP contribution in [0.15, 0.2) is 16.6 Å². The molecule has 2 rings (SSSR count). The average molecular weight is 297 g/mol. The molecule has 1 N–H and O–H groups in total. The monoisotopic (exact) mass is 295 g/mol. The van der Waals surface area contributed by atoms with Crippen LogP contribution in [0.4, 0.5) is 5.69 Å². The van der Waals surface area contributed by atoms with Crippen molar-refractivity contribution < 1.29 is 4.74 Å². The number of hydrogen-bond donors (Lipinski definition) is 1. The summed E-state index contributed by atoms with van der Waals surface area (Å²) in [6.45, 7) is 1.45. The average Bonchev–Trinajstić information content (AvgIpc) is 2.10. The van der Waals surface area contributed by atoms with Crippen LogP contribution in [0.25, 0.3) is 0 Å². The van der Waals surface area contributed by atoms with E-state index in [1.807, 2.05) is 12.1 Å². The fraction of sp³-hybridized carbons (Fsp3) is 0.333. The molecule has 1 heterocycles. The number of benzene rings is 1. The molecule has 0 amide bonds. The SMILES string of the molecule is Clc1c(Br)ccc(NC2COC2)c1Cl. The van der Waals surface area contributed by atoms with Gasteiger partial charge in [-0.25, -0.2) is 0 Å². The maximum absolute atomic E-state index is 6.06. The second-order valence-electron chi connectivity index (χ2n) is 3.10. The first-order valence-electron chi connectivity index (χ1n) is 4.16. The summed E-state index contributed by atoms with van der Waals surface area (Å²) in [6.07, 6.45) is 0. The first kappa shape index (κ1) is 10.6. The van der Waals surface area contributed by atoms with Gasteiger partial charge in [-0.1, -0.05) is 23.2 Å². The van der Waals surface area contributed by atoms with Crippen molar-refractivity contribution in [3.05, 3.63) is 26.7 Å². The number of rotatable bonds is 2. The first-order valence-corrected chi connectivity index (χ1v) is 5.71. The molecule has 0 radical (unpaired) electrons. The van der Waals surface area contributed by atoms with Crippen LogP contribution in [-0.2, 0) is 4.74 Å². The third-order valence-electron chi connectivity index (χ3n) is 2.03. The summed E-state index contributed by atoms with van der Waals surface area (Å²) < 4.78 is 5.86. The first-order chi connectivity index (χ1) is 6.68. The minimum Gasteiger partial charge on any atom is -0.377 e. The predicted molar refractivity (Wildman–Crippen MR) is 62.4 cm³/mol. The molecule has 0 unspecified atom stereocenters. The highest BCUT2D eigenvalue weighted by Crippen LogP contribution is 2.36. The Labute approximate surface area is 101 Å². The maximum atomic E-state index is 6.06. The van der Waals surface area contributed by atoms with Crippen molar-refractivity contribution in [1.82, 2.24) is 0 Å². The van der Waals surface area contributed by atoms with Crippen LogP contribution < -0.4 is 5.32 Å². The van der Waals surface area contributed by atoms with Gasteiger partial charge in [-0.3, -0.25) is 0 Å². The summed E-state index contributed by atoms with van der Waals surface area (Å²) in [5.41, 5.74) is 0.855. The second-order valence-corrected chi connectivity index (χ2v) is 4.71. The Balaban J connectivity index is 2.20. The lowest BCUT2D eigenvalue weighted by Crippen LogP contribution is -2.40. The zero-order valence-corrected chi connectivity index (χ0v) is 10.3. The largest absolute Gasteiger partial charge is 0.377 e. The lowest BCUT2D eigenvalue weighted by Gasteiger charge is -2.28. The van der Waals surface area contributed by atoms with E-state index in [0.717, 1.165) is 23.4 Å². The number of nitrogens with one attached hydrogen (secondary N) is 1. The molecule has 1 fully saturated rings. The van der Waals surface area contributed by atoms with Gasteiger partial charge in [-0.05, 0) is 28.1 Å². The fourth-order valence-electron chi connectivity index (χ4n) is 1.18. The van der Waals surface area contributed by atoms with Crippen molar-refractivity contribution >= 4 is 44.8 Å². The highest BCUT2D eigenvalue weighted by Gasteiger charge is 2.19. The molecular formula is C9H8BrCl2NO. The van der Waals surface area contributed by atoms with Crippen molar-refractivity contribution in [2.45, 2.75) is 6.04 Å². The molecule has 76 valence electrons. The number of halogens is 3. The Morgan fingerprint density at radius 1 is 1.29 bits per heavy atom. The minimum atomic E-state index is 0.352. The molecule has 1 aromatic carbocycles. The smallest absolute Gasteiger partial charge is 0.0835 e. The molecule has 1 saturated heterocycles. The Morgan fingerprint density at radius 3 is 2.57 bits per heavy atom. The molecule has 0 atom stereocenters. The van der Waals surface area contributed by atoms with Crippen LogP contribution in [0.5, 0.6) is 0 Å². The maximum Gasteiger partial charge on any atom is 0.0835 e. The van der Waals surface area contributed by atoms with Gasteiger partial charge in [0.25, 0.3) is 0 Å². The van der Waals surface area contributed by atoms with Crippen LogP contribution >= 0.6 is 39.1 Å². The van der Waals surface area contributed by atoms with Crippen molar-refractivity contribution in [2.75, 3.05) is 18.5 Å². The topological polar surface area (TPSA) is 21.3 Å².